The molecule has 2 aromatic heterocycles. The topological polar surface area (TPSA) is 146 Å². The van der Waals surface area contributed by atoms with E-state index in [-0.39, 0.29) is 11.7 Å². The van der Waals surface area contributed by atoms with Crippen molar-refractivity contribution in [2.45, 2.75) is 64.1 Å². The highest BCUT2D eigenvalue weighted by Crippen LogP contribution is 2.38. The van der Waals surface area contributed by atoms with Crippen LogP contribution >= 0.6 is 11.3 Å². The molecule has 5 rings (SSSR count). The normalized spacial score (nSPS) is 17.2. The molecule has 0 spiro atoms. The van der Waals surface area contributed by atoms with Gasteiger partial charge in [0.25, 0.3) is 5.91 Å². The smallest absolute Gasteiger partial charge is 0.475 e. The Morgan fingerprint density at radius 3 is 2.35 bits per heavy atom. The molecule has 236 valence electrons. The molecular weight excluding hydrogens is 605 g/mol. The molecule has 3 heterocycles. The van der Waals surface area contributed by atoms with E-state index in [9.17, 15) is 26.4 Å². The van der Waals surface area contributed by atoms with E-state index in [0.717, 1.165) is 59.4 Å². The average molecular weight is 643 g/mol. The quantitative estimate of drug-likeness (QED) is 0.245. The second-order valence-electron chi connectivity index (χ2n) is 11.0. The Kier molecular flexibility index (Phi) is 10.6. The number of hydrogen-bond acceptors (Lipinski definition) is 6. The summed E-state index contributed by atoms with van der Waals surface area (Å²) >= 11 is 1.74. The summed E-state index contributed by atoms with van der Waals surface area (Å²) in [6.07, 6.45) is 3.81. The fourth-order valence-corrected chi connectivity index (χ4v) is 7.81. The molecular formula is C29H37F3N4O5S2. The summed E-state index contributed by atoms with van der Waals surface area (Å²) in [4.78, 5) is 25.8. The van der Waals surface area contributed by atoms with E-state index < -0.39 is 28.1 Å². The molecule has 43 heavy (non-hydrogen) atoms. The largest absolute Gasteiger partial charge is 0.490 e. The zero-order chi connectivity index (χ0) is 31.4. The number of aromatic amines is 1. The molecule has 9 nitrogen and oxygen atoms in total. The minimum atomic E-state index is -5.08. The van der Waals surface area contributed by atoms with Crippen molar-refractivity contribution in [2.24, 2.45) is 11.7 Å². The minimum absolute atomic E-state index is 0.134. The molecule has 2 fully saturated rings. The van der Waals surface area contributed by atoms with Crippen LogP contribution in [-0.2, 0) is 21.4 Å². The van der Waals surface area contributed by atoms with Crippen LogP contribution in [0.4, 0.5) is 13.2 Å². The minimum Gasteiger partial charge on any atom is -0.475 e. The number of amides is 1. The summed E-state index contributed by atoms with van der Waals surface area (Å²) in [5.41, 5.74) is 10.3. The van der Waals surface area contributed by atoms with Crippen LogP contribution in [0.15, 0.2) is 29.8 Å². The Morgan fingerprint density at radius 1 is 1.12 bits per heavy atom. The Hall–Kier alpha value is -2.94. The third-order valence-corrected chi connectivity index (χ3v) is 11.0. The number of halogens is 3. The molecule has 1 aromatic carbocycles. The number of hydrogen-bond donors (Lipinski definition) is 4. The van der Waals surface area contributed by atoms with Gasteiger partial charge in [0, 0.05) is 36.1 Å². The molecule has 0 unspecified atom stereocenters. The monoisotopic (exact) mass is 642 g/mol. The van der Waals surface area contributed by atoms with Crippen molar-refractivity contribution in [1.82, 2.24) is 14.6 Å². The summed E-state index contributed by atoms with van der Waals surface area (Å²) in [5, 5.41) is 13.9. The summed E-state index contributed by atoms with van der Waals surface area (Å²) in [7, 11) is -3.17. The highest BCUT2D eigenvalue weighted by Gasteiger charge is 2.38. The number of carboxylic acids is 1. The van der Waals surface area contributed by atoms with Crippen molar-refractivity contribution in [2.75, 3.05) is 25.4 Å². The number of nitrogens with zero attached hydrogens (tertiary/aromatic N) is 1. The number of primary amides is 1. The third-order valence-electron chi connectivity index (χ3n) is 8.18. The lowest BCUT2D eigenvalue weighted by Crippen LogP contribution is -2.38. The standard InChI is InChI=1S/C27H36N4O3S2.C2HF3O2/c1-2-36(33,34)31-9-7-19(8-10-31)25-16-30-26-23(25)12-20(13-24(26)27(28)32)21-11-22(35-17-21)15-29-14-18-5-3-4-6-18;3-2(4,5)1(6)7/h11-13,16-19,29-30H,2-10,14-15H2,1H3,(H2,28,32);(H,6,7). The highest BCUT2D eigenvalue weighted by atomic mass is 32.2. The molecule has 2 aliphatic rings. The van der Waals surface area contributed by atoms with Crippen LogP contribution in [0.2, 0.25) is 0 Å². The van der Waals surface area contributed by atoms with E-state index in [0.29, 0.717) is 18.7 Å². The van der Waals surface area contributed by atoms with Gasteiger partial charge in [-0.2, -0.15) is 13.2 Å². The number of fused-ring (bicyclic) bond motifs is 1. The SMILES string of the molecule is CCS(=O)(=O)N1CCC(c2c[nH]c3c(C(N)=O)cc(-c4csc(CNCC5CCCC5)c4)cc23)CC1.O=C(O)C(F)(F)F. The first-order valence-corrected chi connectivity index (χ1v) is 16.8. The van der Waals surface area contributed by atoms with Crippen molar-refractivity contribution >= 4 is 44.1 Å². The number of sulfonamides is 1. The lowest BCUT2D eigenvalue weighted by atomic mass is 9.88. The number of benzene rings is 1. The number of aromatic nitrogens is 1. The molecule has 1 aliphatic carbocycles. The molecule has 1 aliphatic heterocycles. The number of aliphatic carboxylic acids is 1. The van der Waals surface area contributed by atoms with Gasteiger partial charge in [-0.05, 0) is 91.3 Å². The lowest BCUT2D eigenvalue weighted by Gasteiger charge is -2.31. The number of nitrogens with one attached hydrogen (secondary N) is 2. The first-order valence-electron chi connectivity index (χ1n) is 14.3. The van der Waals surface area contributed by atoms with Crippen LogP contribution in [0.5, 0.6) is 0 Å². The fraction of sp³-hybridized carbons (Fsp3) is 0.517. The molecule has 0 bridgehead atoms. The Bertz CT molecular complexity index is 1540. The van der Waals surface area contributed by atoms with Crippen molar-refractivity contribution < 1.29 is 36.3 Å². The van der Waals surface area contributed by atoms with E-state index in [1.165, 1.54) is 30.6 Å². The van der Waals surface area contributed by atoms with Gasteiger partial charge in [0.15, 0.2) is 0 Å². The first-order chi connectivity index (χ1) is 20.3. The van der Waals surface area contributed by atoms with Crippen LogP contribution in [0.25, 0.3) is 22.0 Å². The van der Waals surface area contributed by atoms with Gasteiger partial charge in [-0.25, -0.2) is 17.5 Å². The van der Waals surface area contributed by atoms with Crippen molar-refractivity contribution in [3.63, 3.8) is 0 Å². The van der Waals surface area contributed by atoms with E-state index in [2.05, 4.69) is 27.8 Å². The second kappa shape index (κ2) is 13.8. The second-order valence-corrected chi connectivity index (χ2v) is 14.3. The molecule has 3 aromatic rings. The molecule has 1 saturated carbocycles. The van der Waals surface area contributed by atoms with Crippen LogP contribution in [0, 0.1) is 5.92 Å². The predicted octanol–water partition coefficient (Wildman–Crippen LogP) is 5.44. The number of carbonyl (C=O) groups is 2. The molecule has 14 heteroatoms. The number of H-pyrrole nitrogens is 1. The number of carboxylic acid groups (broad SMARTS) is 1. The zero-order valence-electron chi connectivity index (χ0n) is 23.9. The van der Waals surface area contributed by atoms with Gasteiger partial charge in [-0.3, -0.25) is 4.79 Å². The van der Waals surface area contributed by atoms with Crippen LogP contribution in [0.1, 0.15) is 72.2 Å². The molecule has 5 N–H and O–H groups in total. The Labute approximate surface area is 252 Å². The van der Waals surface area contributed by atoms with Crippen molar-refractivity contribution in [3.8, 4) is 11.1 Å². The fourth-order valence-electron chi connectivity index (χ4n) is 5.82. The van der Waals surface area contributed by atoms with Gasteiger partial charge in [-0.15, -0.1) is 11.3 Å². The van der Waals surface area contributed by atoms with E-state index in [4.69, 9.17) is 15.6 Å². The average Bonchev–Trinajstić information content (AvgIpc) is 3.74. The maximum atomic E-state index is 12.4. The van der Waals surface area contributed by atoms with Crippen LogP contribution < -0.4 is 11.1 Å². The molecule has 1 saturated heterocycles. The van der Waals surface area contributed by atoms with Crippen molar-refractivity contribution in [3.05, 3.63) is 45.8 Å². The van der Waals surface area contributed by atoms with Gasteiger partial charge in [0.2, 0.25) is 10.0 Å². The van der Waals surface area contributed by atoms with Gasteiger partial charge in [0.1, 0.15) is 0 Å². The van der Waals surface area contributed by atoms with E-state index in [1.807, 2.05) is 12.3 Å². The third kappa shape index (κ3) is 8.16. The van der Waals surface area contributed by atoms with Gasteiger partial charge < -0.3 is 21.1 Å². The number of alkyl halides is 3. The summed E-state index contributed by atoms with van der Waals surface area (Å²) < 4.78 is 57.9. The predicted molar refractivity (Wildman–Crippen MR) is 160 cm³/mol. The van der Waals surface area contributed by atoms with Gasteiger partial charge in [0.05, 0.1) is 16.8 Å². The molecule has 1 amide bonds. The zero-order valence-corrected chi connectivity index (χ0v) is 25.5. The number of carbonyl (C=O) groups excluding carboxylic acids is 1. The number of thiophene rings is 1. The van der Waals surface area contributed by atoms with Gasteiger partial charge in [-0.1, -0.05) is 12.8 Å². The first kappa shape index (κ1) is 33.0. The van der Waals surface area contributed by atoms with Gasteiger partial charge >= 0.3 is 12.1 Å². The maximum absolute atomic E-state index is 12.4. The number of nitrogens with two attached hydrogens (primary N) is 1. The molecule has 0 atom stereocenters. The number of rotatable bonds is 9. The van der Waals surface area contributed by atoms with E-state index >= 15 is 0 Å². The molecule has 0 radical (unpaired) electrons. The van der Waals surface area contributed by atoms with E-state index in [1.54, 1.807) is 22.6 Å². The lowest BCUT2D eigenvalue weighted by molar-refractivity contribution is -0.192. The van der Waals surface area contributed by atoms with Crippen LogP contribution in [-0.4, -0.2) is 66.3 Å². The van der Waals surface area contributed by atoms with Crippen LogP contribution in [0.3, 0.4) is 0 Å². The summed E-state index contributed by atoms with van der Waals surface area (Å²) in [6.45, 7) is 4.68. The summed E-state index contributed by atoms with van der Waals surface area (Å²) in [5.74, 6) is -2.03. The van der Waals surface area contributed by atoms with Crippen molar-refractivity contribution in [1.29, 1.82) is 0 Å². The Balaban J connectivity index is 0.000000541. The summed E-state index contributed by atoms with van der Waals surface area (Å²) in [6, 6.07) is 6.25. The Morgan fingerprint density at radius 2 is 1.77 bits per heavy atom. The highest BCUT2D eigenvalue weighted by molar-refractivity contribution is 7.89. The maximum Gasteiger partial charge on any atom is 0.490 e. The number of piperidine rings is 1.